The normalized spacial score (nSPS) is 11.1. The number of amides is 1. The zero-order chi connectivity index (χ0) is 19.2. The van der Waals surface area contributed by atoms with Gasteiger partial charge in [-0.05, 0) is 54.2 Å². The average molecular weight is 353 g/mol. The highest BCUT2D eigenvalue weighted by Crippen LogP contribution is 2.22. The van der Waals surface area contributed by atoms with E-state index in [4.69, 9.17) is 4.74 Å². The van der Waals surface area contributed by atoms with Gasteiger partial charge in [-0.1, -0.05) is 45.0 Å². The third kappa shape index (κ3) is 5.73. The Morgan fingerprint density at radius 1 is 0.962 bits per heavy atom. The summed E-state index contributed by atoms with van der Waals surface area (Å²) in [5, 5.41) is 2.85. The lowest BCUT2D eigenvalue weighted by Crippen LogP contribution is -2.13. The lowest BCUT2D eigenvalue weighted by atomic mass is 9.86. The Kier molecular flexibility index (Phi) is 6.56. The topological polar surface area (TPSA) is 55.4 Å². The number of benzene rings is 2. The predicted molar refractivity (Wildman–Crippen MR) is 104 cm³/mol. The van der Waals surface area contributed by atoms with E-state index in [2.05, 4.69) is 50.4 Å². The fourth-order valence-electron chi connectivity index (χ4n) is 2.56. The van der Waals surface area contributed by atoms with Crippen LogP contribution in [0.1, 0.15) is 55.6 Å². The van der Waals surface area contributed by atoms with Crippen molar-refractivity contribution in [2.24, 2.45) is 0 Å². The van der Waals surface area contributed by atoms with Crippen LogP contribution in [-0.2, 0) is 21.4 Å². The van der Waals surface area contributed by atoms with Gasteiger partial charge in [0, 0.05) is 12.1 Å². The van der Waals surface area contributed by atoms with E-state index in [1.54, 1.807) is 31.2 Å². The Hall–Kier alpha value is -2.62. The average Bonchev–Trinajstić information content (AvgIpc) is 2.60. The molecule has 0 radical (unpaired) electrons. The molecule has 0 fully saturated rings. The molecule has 0 saturated heterocycles. The number of hydrogen-bond acceptors (Lipinski definition) is 3. The molecule has 2 aromatic carbocycles. The molecule has 0 saturated carbocycles. The molecule has 2 aromatic rings. The van der Waals surface area contributed by atoms with Crippen molar-refractivity contribution in [3.05, 3.63) is 65.2 Å². The van der Waals surface area contributed by atoms with E-state index in [0.29, 0.717) is 30.7 Å². The van der Waals surface area contributed by atoms with Gasteiger partial charge in [-0.2, -0.15) is 0 Å². The smallest absolute Gasteiger partial charge is 0.338 e. The number of ether oxygens (including phenoxy) is 1. The quantitative estimate of drug-likeness (QED) is 0.764. The number of carbonyl (C=O) groups is 2. The molecule has 0 aliphatic rings. The monoisotopic (exact) mass is 353 g/mol. The molecule has 0 unspecified atom stereocenters. The first kappa shape index (κ1) is 19.7. The largest absolute Gasteiger partial charge is 0.462 e. The maximum absolute atomic E-state index is 12.1. The second-order valence-corrected chi connectivity index (χ2v) is 7.29. The lowest BCUT2D eigenvalue weighted by molar-refractivity contribution is -0.116. The van der Waals surface area contributed by atoms with E-state index in [1.807, 2.05) is 0 Å². The predicted octanol–water partition coefficient (Wildman–Crippen LogP) is 4.73. The SMILES string of the molecule is CCOC(=O)c1ccc(NC(=O)CCc2ccc(C(C)(C)C)cc2)cc1. The van der Waals surface area contributed by atoms with Crippen molar-refractivity contribution in [2.75, 3.05) is 11.9 Å². The van der Waals surface area contributed by atoms with Crippen LogP contribution >= 0.6 is 0 Å². The summed E-state index contributed by atoms with van der Waals surface area (Å²) in [4.78, 5) is 23.7. The minimum atomic E-state index is -0.357. The molecule has 0 spiro atoms. The van der Waals surface area contributed by atoms with Crippen LogP contribution in [0.25, 0.3) is 0 Å². The number of aryl methyl sites for hydroxylation is 1. The van der Waals surface area contributed by atoms with Gasteiger partial charge in [0.1, 0.15) is 0 Å². The molecule has 1 N–H and O–H groups in total. The Labute approximate surface area is 155 Å². The third-order valence-corrected chi connectivity index (χ3v) is 4.14. The molecule has 0 aliphatic heterocycles. The van der Waals surface area contributed by atoms with E-state index in [0.717, 1.165) is 5.56 Å². The number of esters is 1. The maximum Gasteiger partial charge on any atom is 0.338 e. The summed E-state index contributed by atoms with van der Waals surface area (Å²) in [6.07, 6.45) is 1.10. The van der Waals surface area contributed by atoms with Gasteiger partial charge in [0.25, 0.3) is 0 Å². The molecule has 0 heterocycles. The van der Waals surface area contributed by atoms with Crippen molar-refractivity contribution < 1.29 is 14.3 Å². The molecule has 4 nitrogen and oxygen atoms in total. The zero-order valence-electron chi connectivity index (χ0n) is 16.0. The van der Waals surface area contributed by atoms with Gasteiger partial charge in [-0.15, -0.1) is 0 Å². The van der Waals surface area contributed by atoms with Gasteiger partial charge < -0.3 is 10.1 Å². The summed E-state index contributed by atoms with van der Waals surface area (Å²) in [6.45, 7) is 8.66. The number of nitrogens with one attached hydrogen (secondary N) is 1. The van der Waals surface area contributed by atoms with Crippen molar-refractivity contribution >= 4 is 17.6 Å². The molecule has 0 aromatic heterocycles. The number of hydrogen-bond donors (Lipinski definition) is 1. The third-order valence-electron chi connectivity index (χ3n) is 4.14. The summed E-state index contributed by atoms with van der Waals surface area (Å²) in [6, 6.07) is 15.1. The highest BCUT2D eigenvalue weighted by atomic mass is 16.5. The van der Waals surface area contributed by atoms with Gasteiger partial charge >= 0.3 is 5.97 Å². The summed E-state index contributed by atoms with van der Waals surface area (Å²) < 4.78 is 4.94. The highest BCUT2D eigenvalue weighted by molar-refractivity contribution is 5.93. The molecule has 0 atom stereocenters. The Bertz CT molecular complexity index is 740. The molecule has 138 valence electrons. The highest BCUT2D eigenvalue weighted by Gasteiger charge is 2.13. The summed E-state index contributed by atoms with van der Waals surface area (Å²) in [5.41, 5.74) is 3.71. The Morgan fingerprint density at radius 3 is 2.12 bits per heavy atom. The number of anilines is 1. The summed E-state index contributed by atoms with van der Waals surface area (Å²) in [7, 11) is 0. The van der Waals surface area contributed by atoms with E-state index < -0.39 is 0 Å². The minimum Gasteiger partial charge on any atom is -0.462 e. The fourth-order valence-corrected chi connectivity index (χ4v) is 2.56. The number of carbonyl (C=O) groups excluding carboxylic acids is 2. The van der Waals surface area contributed by atoms with Crippen molar-refractivity contribution in [3.63, 3.8) is 0 Å². The molecule has 26 heavy (non-hydrogen) atoms. The van der Waals surface area contributed by atoms with Gasteiger partial charge in [-0.25, -0.2) is 4.79 Å². The maximum atomic E-state index is 12.1. The summed E-state index contributed by atoms with van der Waals surface area (Å²) in [5.74, 6) is -0.405. The minimum absolute atomic E-state index is 0.0474. The van der Waals surface area contributed by atoms with Crippen LogP contribution in [0.3, 0.4) is 0 Å². The van der Waals surface area contributed by atoms with Gasteiger partial charge in [0.15, 0.2) is 0 Å². The molecule has 0 aliphatic carbocycles. The molecular weight excluding hydrogens is 326 g/mol. The van der Waals surface area contributed by atoms with E-state index in [-0.39, 0.29) is 17.3 Å². The van der Waals surface area contributed by atoms with Gasteiger partial charge in [-0.3, -0.25) is 4.79 Å². The van der Waals surface area contributed by atoms with Crippen LogP contribution in [0.5, 0.6) is 0 Å². The molecule has 4 heteroatoms. The van der Waals surface area contributed by atoms with Crippen LogP contribution in [0, 0.1) is 0 Å². The first-order chi connectivity index (χ1) is 12.3. The van der Waals surface area contributed by atoms with Crippen LogP contribution in [-0.4, -0.2) is 18.5 Å². The van der Waals surface area contributed by atoms with Crippen LogP contribution in [0.15, 0.2) is 48.5 Å². The standard InChI is InChI=1S/C22H27NO3/c1-5-26-21(25)17-9-13-19(14-10-17)23-20(24)15-8-16-6-11-18(12-7-16)22(2,3)4/h6-7,9-14H,5,8,15H2,1-4H3,(H,23,24). The first-order valence-corrected chi connectivity index (χ1v) is 8.96. The van der Waals surface area contributed by atoms with Crippen LogP contribution < -0.4 is 5.32 Å². The number of rotatable bonds is 6. The molecule has 1 amide bonds. The fraction of sp³-hybridized carbons (Fsp3) is 0.364. The first-order valence-electron chi connectivity index (χ1n) is 8.96. The van der Waals surface area contributed by atoms with Gasteiger partial charge in [0.05, 0.1) is 12.2 Å². The zero-order valence-corrected chi connectivity index (χ0v) is 16.0. The Balaban J connectivity index is 1.86. The van der Waals surface area contributed by atoms with Crippen molar-refractivity contribution in [1.29, 1.82) is 0 Å². The van der Waals surface area contributed by atoms with Crippen molar-refractivity contribution in [3.8, 4) is 0 Å². The van der Waals surface area contributed by atoms with Gasteiger partial charge in [0.2, 0.25) is 5.91 Å². The van der Waals surface area contributed by atoms with E-state index in [9.17, 15) is 9.59 Å². The van der Waals surface area contributed by atoms with Crippen LogP contribution in [0.2, 0.25) is 0 Å². The molecular formula is C22H27NO3. The van der Waals surface area contributed by atoms with Crippen LogP contribution in [0.4, 0.5) is 5.69 Å². The lowest BCUT2D eigenvalue weighted by Gasteiger charge is -2.19. The molecule has 0 bridgehead atoms. The van der Waals surface area contributed by atoms with Crippen molar-refractivity contribution in [1.82, 2.24) is 0 Å². The summed E-state index contributed by atoms with van der Waals surface area (Å²) >= 11 is 0. The second-order valence-electron chi connectivity index (χ2n) is 7.29. The van der Waals surface area contributed by atoms with Crippen molar-refractivity contribution in [2.45, 2.75) is 46.0 Å². The second kappa shape index (κ2) is 8.65. The Morgan fingerprint density at radius 2 is 1.58 bits per heavy atom. The van der Waals surface area contributed by atoms with E-state index in [1.165, 1.54) is 5.56 Å². The molecule has 2 rings (SSSR count). The van der Waals surface area contributed by atoms with E-state index >= 15 is 0 Å².